The zero-order valence-corrected chi connectivity index (χ0v) is 25.0. The number of aryl methyl sites for hydroxylation is 2. The SMILES string of the molecule is CCOC(=O)CC(c1cc(CN2Cc3[nH]c(=O)ccc3O[C@H](CC)C2)c2sccc2c1)c1cnc2c(nnn2C)c1C. The maximum absolute atomic E-state index is 12.9. The summed E-state index contributed by atoms with van der Waals surface area (Å²) in [6, 6.07) is 9.79. The molecular weight excluding hydrogens is 552 g/mol. The number of hydrogen-bond acceptors (Lipinski definition) is 9. The Bertz CT molecular complexity index is 1830. The number of nitrogens with zero attached hydrogens (tertiary/aromatic N) is 5. The Labute approximate surface area is 247 Å². The third-order valence-electron chi connectivity index (χ3n) is 7.96. The van der Waals surface area contributed by atoms with Gasteiger partial charge < -0.3 is 14.5 Å². The minimum atomic E-state index is -0.279. The van der Waals surface area contributed by atoms with Gasteiger partial charge in [-0.1, -0.05) is 18.2 Å². The first-order valence-corrected chi connectivity index (χ1v) is 15.1. The van der Waals surface area contributed by atoms with Crippen LogP contribution in [-0.4, -0.2) is 55.1 Å². The lowest BCUT2D eigenvalue weighted by Crippen LogP contribution is -2.32. The molecule has 1 aromatic carbocycles. The van der Waals surface area contributed by atoms with Crippen LogP contribution in [0.4, 0.5) is 0 Å². The van der Waals surface area contributed by atoms with Gasteiger partial charge in [0.05, 0.1) is 18.7 Å². The van der Waals surface area contributed by atoms with Crippen molar-refractivity contribution < 1.29 is 14.3 Å². The number of nitrogens with one attached hydrogen (secondary N) is 1. The zero-order chi connectivity index (χ0) is 29.4. The van der Waals surface area contributed by atoms with Crippen molar-refractivity contribution in [2.45, 2.75) is 58.7 Å². The number of hydrogen-bond donors (Lipinski definition) is 1. The van der Waals surface area contributed by atoms with Crippen LogP contribution < -0.4 is 10.3 Å². The Balaban J connectivity index is 1.42. The summed E-state index contributed by atoms with van der Waals surface area (Å²) in [5.74, 6) is 0.193. The van der Waals surface area contributed by atoms with E-state index >= 15 is 0 Å². The summed E-state index contributed by atoms with van der Waals surface area (Å²) in [6.07, 6.45) is 2.88. The van der Waals surface area contributed by atoms with Gasteiger partial charge in [0.25, 0.3) is 0 Å². The fourth-order valence-electron chi connectivity index (χ4n) is 5.85. The minimum Gasteiger partial charge on any atom is -0.487 e. The van der Waals surface area contributed by atoms with Crippen LogP contribution in [0.15, 0.2) is 46.7 Å². The molecule has 2 atom stereocenters. The van der Waals surface area contributed by atoms with Gasteiger partial charge in [0.2, 0.25) is 5.56 Å². The number of pyridine rings is 2. The number of fused-ring (bicyclic) bond motifs is 3. The second-order valence-corrected chi connectivity index (χ2v) is 11.7. The molecule has 0 spiro atoms. The molecule has 1 aliphatic rings. The smallest absolute Gasteiger partial charge is 0.306 e. The Kier molecular flexibility index (Phi) is 7.78. The number of carbonyl (C=O) groups is 1. The summed E-state index contributed by atoms with van der Waals surface area (Å²) >= 11 is 1.71. The van der Waals surface area contributed by atoms with Crippen molar-refractivity contribution in [2.75, 3.05) is 13.2 Å². The summed E-state index contributed by atoms with van der Waals surface area (Å²) in [7, 11) is 1.82. The number of thiophene rings is 1. The Morgan fingerprint density at radius 1 is 1.26 bits per heavy atom. The molecule has 0 amide bonds. The maximum atomic E-state index is 12.9. The predicted octanol–water partition coefficient (Wildman–Crippen LogP) is 4.83. The molecule has 0 bridgehead atoms. The van der Waals surface area contributed by atoms with Crippen molar-refractivity contribution in [3.05, 3.63) is 80.2 Å². The average molecular weight is 587 g/mol. The van der Waals surface area contributed by atoms with Crippen LogP contribution in [-0.2, 0) is 29.7 Å². The van der Waals surface area contributed by atoms with Crippen molar-refractivity contribution in [1.82, 2.24) is 29.9 Å². The van der Waals surface area contributed by atoms with Gasteiger partial charge in [0.1, 0.15) is 17.4 Å². The van der Waals surface area contributed by atoms with Crippen molar-refractivity contribution in [2.24, 2.45) is 7.05 Å². The third kappa shape index (κ3) is 5.41. The van der Waals surface area contributed by atoms with Gasteiger partial charge >= 0.3 is 5.97 Å². The molecule has 0 aliphatic carbocycles. The number of rotatable bonds is 8. The van der Waals surface area contributed by atoms with E-state index in [0.29, 0.717) is 25.3 Å². The van der Waals surface area contributed by atoms with Crippen LogP contribution >= 0.6 is 11.3 Å². The van der Waals surface area contributed by atoms with E-state index in [-0.39, 0.29) is 30.0 Å². The first-order valence-electron chi connectivity index (χ1n) is 14.3. The molecule has 0 fully saturated rings. The van der Waals surface area contributed by atoms with Gasteiger partial charge in [-0.15, -0.1) is 16.4 Å². The van der Waals surface area contributed by atoms with Gasteiger partial charge in [-0.3, -0.25) is 14.5 Å². The molecule has 10 nitrogen and oxygen atoms in total. The molecule has 0 saturated carbocycles. The zero-order valence-electron chi connectivity index (χ0n) is 24.2. The lowest BCUT2D eigenvalue weighted by atomic mass is 9.85. The minimum absolute atomic E-state index is 0.00292. The first-order chi connectivity index (χ1) is 20.3. The number of carbonyl (C=O) groups excluding carboxylic acids is 1. The normalized spacial score (nSPS) is 16.2. The number of H-pyrrole nitrogens is 1. The summed E-state index contributed by atoms with van der Waals surface area (Å²) < 4.78 is 14.5. The predicted molar refractivity (Wildman–Crippen MR) is 162 cm³/mol. The molecule has 218 valence electrons. The van der Waals surface area contributed by atoms with E-state index in [1.54, 1.807) is 22.1 Å². The molecular formula is C31H34N6O4S. The number of ether oxygens (including phenoxy) is 2. The summed E-state index contributed by atoms with van der Waals surface area (Å²) in [4.78, 5) is 35.0. The van der Waals surface area contributed by atoms with Crippen LogP contribution in [0, 0.1) is 6.92 Å². The molecule has 0 radical (unpaired) electrons. The molecule has 11 heteroatoms. The van der Waals surface area contributed by atoms with E-state index in [1.807, 2.05) is 27.1 Å². The average Bonchev–Trinajstić information content (AvgIpc) is 3.56. The van der Waals surface area contributed by atoms with Crippen LogP contribution in [0.3, 0.4) is 0 Å². The van der Waals surface area contributed by atoms with Crippen LogP contribution in [0.5, 0.6) is 5.75 Å². The number of benzene rings is 1. The van der Waals surface area contributed by atoms with Gasteiger partial charge in [0, 0.05) is 49.6 Å². The van der Waals surface area contributed by atoms with E-state index in [4.69, 9.17) is 9.47 Å². The van der Waals surface area contributed by atoms with Gasteiger partial charge in [-0.05, 0) is 71.5 Å². The van der Waals surface area contributed by atoms with Crippen LogP contribution in [0.25, 0.3) is 21.3 Å². The van der Waals surface area contributed by atoms with Gasteiger partial charge in [0.15, 0.2) is 5.65 Å². The fourth-order valence-corrected chi connectivity index (χ4v) is 6.74. The summed E-state index contributed by atoms with van der Waals surface area (Å²) in [5, 5.41) is 11.7. The molecule has 5 aromatic rings. The highest BCUT2D eigenvalue weighted by molar-refractivity contribution is 7.17. The molecule has 1 unspecified atom stereocenters. The molecule has 1 N–H and O–H groups in total. The lowest BCUT2D eigenvalue weighted by Gasteiger charge is -2.25. The Morgan fingerprint density at radius 3 is 2.93 bits per heavy atom. The molecule has 1 aliphatic heterocycles. The van der Waals surface area contributed by atoms with Crippen molar-refractivity contribution >= 4 is 38.6 Å². The van der Waals surface area contributed by atoms with Crippen molar-refractivity contribution in [3.8, 4) is 5.75 Å². The highest BCUT2D eigenvalue weighted by Gasteiger charge is 2.27. The Hall–Kier alpha value is -4.09. The third-order valence-corrected chi connectivity index (χ3v) is 8.97. The molecule has 6 rings (SSSR count). The molecule has 5 heterocycles. The quantitative estimate of drug-likeness (QED) is 0.257. The Morgan fingerprint density at radius 2 is 2.12 bits per heavy atom. The number of esters is 1. The molecule has 42 heavy (non-hydrogen) atoms. The van der Waals surface area contributed by atoms with E-state index in [1.165, 1.54) is 10.8 Å². The molecule has 4 aromatic heterocycles. The van der Waals surface area contributed by atoms with Crippen molar-refractivity contribution in [1.29, 1.82) is 0 Å². The standard InChI is InChI=1S/C31H34N6O4S/c1-5-22-16-37(17-25-26(41-22)7-8-27(38)33-25)15-21-12-20(11-19-9-10-42-30(19)21)23(13-28(39)40-6-2)24-14-32-31-29(18(24)3)34-35-36(31)4/h7-12,14,22-23H,5-6,13,15-17H2,1-4H3,(H,33,38)/t22-,23?/m1/s1. The number of aromatic amines is 1. The molecule has 0 saturated heterocycles. The summed E-state index contributed by atoms with van der Waals surface area (Å²) in [5.41, 5.74) is 6.13. The summed E-state index contributed by atoms with van der Waals surface area (Å²) in [6.45, 7) is 8.22. The monoisotopic (exact) mass is 586 g/mol. The maximum Gasteiger partial charge on any atom is 0.306 e. The van der Waals surface area contributed by atoms with E-state index in [0.717, 1.165) is 57.6 Å². The topological polar surface area (TPSA) is 115 Å². The van der Waals surface area contributed by atoms with E-state index < -0.39 is 0 Å². The largest absolute Gasteiger partial charge is 0.487 e. The van der Waals surface area contributed by atoms with Crippen LogP contribution in [0.1, 0.15) is 60.6 Å². The van der Waals surface area contributed by atoms with E-state index in [9.17, 15) is 9.59 Å². The number of aromatic nitrogens is 5. The van der Waals surface area contributed by atoms with E-state index in [2.05, 4.69) is 55.7 Å². The second-order valence-electron chi connectivity index (χ2n) is 10.8. The highest BCUT2D eigenvalue weighted by atomic mass is 32.1. The van der Waals surface area contributed by atoms with Gasteiger partial charge in [-0.2, -0.15) is 0 Å². The fraction of sp³-hybridized carbons (Fsp3) is 0.387. The van der Waals surface area contributed by atoms with Crippen molar-refractivity contribution in [3.63, 3.8) is 0 Å². The first kappa shape index (κ1) is 28.0. The second kappa shape index (κ2) is 11.7. The van der Waals surface area contributed by atoms with Gasteiger partial charge in [-0.25, -0.2) is 9.67 Å². The highest BCUT2D eigenvalue weighted by Crippen LogP contribution is 2.37. The van der Waals surface area contributed by atoms with Crippen LogP contribution in [0.2, 0.25) is 0 Å². The lowest BCUT2D eigenvalue weighted by molar-refractivity contribution is -0.143.